The fourth-order valence-corrected chi connectivity index (χ4v) is 5.73. The number of nitrogens with zero attached hydrogens (tertiary/aromatic N) is 3. The summed E-state index contributed by atoms with van der Waals surface area (Å²) in [5, 5.41) is 1.77. The molecule has 0 bridgehead atoms. The Morgan fingerprint density at radius 3 is 2.61 bits per heavy atom. The minimum absolute atomic E-state index is 0.188. The molecule has 146 valence electrons. The van der Waals surface area contributed by atoms with Crippen molar-refractivity contribution in [3.8, 4) is 0 Å². The van der Waals surface area contributed by atoms with Crippen LogP contribution in [-0.4, -0.2) is 54.0 Å². The summed E-state index contributed by atoms with van der Waals surface area (Å²) in [5.74, 6) is 0.647. The van der Waals surface area contributed by atoms with Crippen molar-refractivity contribution in [2.75, 3.05) is 43.1 Å². The molecule has 1 aliphatic heterocycles. The lowest BCUT2D eigenvalue weighted by Crippen LogP contribution is -2.49. The van der Waals surface area contributed by atoms with Crippen LogP contribution in [0.15, 0.2) is 52.3 Å². The molecule has 4 rings (SSSR count). The summed E-state index contributed by atoms with van der Waals surface area (Å²) >= 11 is 10.9. The molecule has 0 spiro atoms. The van der Waals surface area contributed by atoms with Crippen molar-refractivity contribution in [2.24, 2.45) is 0 Å². The van der Waals surface area contributed by atoms with E-state index in [0.29, 0.717) is 10.8 Å². The third-order valence-corrected chi connectivity index (χ3v) is 7.77. The van der Waals surface area contributed by atoms with Crippen LogP contribution in [-0.2, 0) is 4.79 Å². The van der Waals surface area contributed by atoms with Crippen molar-refractivity contribution >= 4 is 67.7 Å². The van der Waals surface area contributed by atoms with Crippen molar-refractivity contribution in [1.29, 1.82) is 0 Å². The molecule has 0 aliphatic carbocycles. The SMILES string of the molecule is CSc1cccc2sc(N3CCN(C(=O)CSc4ccc(Cl)cc4)CC3)nc12. The van der Waals surface area contributed by atoms with Gasteiger partial charge in [-0.3, -0.25) is 4.79 Å². The molecular formula is C20H20ClN3OS3. The molecule has 8 heteroatoms. The minimum atomic E-state index is 0.188. The highest BCUT2D eigenvalue weighted by Crippen LogP contribution is 2.34. The third kappa shape index (κ3) is 4.43. The number of amides is 1. The van der Waals surface area contributed by atoms with Gasteiger partial charge in [0.1, 0.15) is 0 Å². The van der Waals surface area contributed by atoms with E-state index in [2.05, 4.69) is 29.4 Å². The average Bonchev–Trinajstić information content (AvgIpc) is 3.17. The summed E-state index contributed by atoms with van der Waals surface area (Å²) in [6.07, 6.45) is 2.08. The quantitative estimate of drug-likeness (QED) is 0.505. The third-order valence-electron chi connectivity index (χ3n) is 4.67. The number of carbonyl (C=O) groups is 1. The van der Waals surface area contributed by atoms with E-state index in [4.69, 9.17) is 16.6 Å². The normalized spacial score (nSPS) is 14.6. The highest BCUT2D eigenvalue weighted by Gasteiger charge is 2.23. The average molecular weight is 450 g/mol. The first-order valence-corrected chi connectivity index (χ1v) is 12.4. The van der Waals surface area contributed by atoms with Crippen molar-refractivity contribution in [2.45, 2.75) is 9.79 Å². The van der Waals surface area contributed by atoms with Gasteiger partial charge in [-0.05, 0) is 42.7 Å². The minimum Gasteiger partial charge on any atom is -0.345 e. The van der Waals surface area contributed by atoms with Gasteiger partial charge in [0.15, 0.2) is 5.13 Å². The molecule has 28 heavy (non-hydrogen) atoms. The Bertz CT molecular complexity index is 968. The van der Waals surface area contributed by atoms with Gasteiger partial charge in [-0.2, -0.15) is 0 Å². The maximum Gasteiger partial charge on any atom is 0.233 e. The van der Waals surface area contributed by atoms with Gasteiger partial charge in [-0.25, -0.2) is 4.98 Å². The number of hydrogen-bond acceptors (Lipinski definition) is 6. The first-order valence-electron chi connectivity index (χ1n) is 8.98. The fraction of sp³-hybridized carbons (Fsp3) is 0.300. The number of anilines is 1. The van der Waals surface area contributed by atoms with Gasteiger partial charge in [0.25, 0.3) is 0 Å². The van der Waals surface area contributed by atoms with E-state index in [1.165, 1.54) is 9.60 Å². The predicted molar refractivity (Wildman–Crippen MR) is 122 cm³/mol. The fourth-order valence-electron chi connectivity index (χ4n) is 3.13. The Morgan fingerprint density at radius 1 is 1.14 bits per heavy atom. The number of piperazine rings is 1. The lowest BCUT2D eigenvalue weighted by molar-refractivity contribution is -0.128. The lowest BCUT2D eigenvalue weighted by Gasteiger charge is -2.34. The maximum absolute atomic E-state index is 12.6. The first-order chi connectivity index (χ1) is 13.6. The summed E-state index contributed by atoms with van der Waals surface area (Å²) < 4.78 is 1.22. The van der Waals surface area contributed by atoms with Gasteiger partial charge in [0.05, 0.1) is 16.0 Å². The smallest absolute Gasteiger partial charge is 0.233 e. The largest absolute Gasteiger partial charge is 0.345 e. The number of thiazole rings is 1. The molecule has 2 heterocycles. The van der Waals surface area contributed by atoms with Crippen molar-refractivity contribution in [3.05, 3.63) is 47.5 Å². The number of fused-ring (bicyclic) bond motifs is 1. The van der Waals surface area contributed by atoms with Crippen LogP contribution in [0, 0.1) is 0 Å². The molecule has 1 amide bonds. The molecule has 0 unspecified atom stereocenters. The number of para-hydroxylation sites is 1. The molecule has 0 N–H and O–H groups in total. The van der Waals surface area contributed by atoms with E-state index >= 15 is 0 Å². The van der Waals surface area contributed by atoms with Gasteiger partial charge in [0.2, 0.25) is 5.91 Å². The molecule has 1 aromatic heterocycles. The van der Waals surface area contributed by atoms with Crippen LogP contribution in [0.4, 0.5) is 5.13 Å². The number of benzene rings is 2. The number of thioether (sulfide) groups is 2. The first kappa shape index (κ1) is 19.9. The van der Waals surface area contributed by atoms with E-state index in [0.717, 1.165) is 41.7 Å². The topological polar surface area (TPSA) is 36.4 Å². The van der Waals surface area contributed by atoms with Crippen molar-refractivity contribution < 1.29 is 4.79 Å². The van der Waals surface area contributed by atoms with E-state index in [9.17, 15) is 4.79 Å². The number of aromatic nitrogens is 1. The number of hydrogen-bond donors (Lipinski definition) is 0. The van der Waals surface area contributed by atoms with Crippen LogP contribution in [0.25, 0.3) is 10.2 Å². The summed E-state index contributed by atoms with van der Waals surface area (Å²) in [6.45, 7) is 3.13. The Balaban J connectivity index is 1.34. The van der Waals surface area contributed by atoms with Crippen LogP contribution in [0.3, 0.4) is 0 Å². The van der Waals surface area contributed by atoms with Crippen LogP contribution in [0.2, 0.25) is 5.02 Å². The van der Waals surface area contributed by atoms with Gasteiger partial charge in [-0.15, -0.1) is 23.5 Å². The van der Waals surface area contributed by atoms with Crippen LogP contribution < -0.4 is 4.90 Å². The standard InChI is InChI=1S/C20H20ClN3OS3/c1-26-16-3-2-4-17-19(16)22-20(28-17)24-11-9-23(10-12-24)18(25)13-27-15-7-5-14(21)6-8-15/h2-8H,9-13H2,1H3. The number of rotatable bonds is 5. The monoisotopic (exact) mass is 449 g/mol. The van der Waals surface area contributed by atoms with Crippen molar-refractivity contribution in [1.82, 2.24) is 9.88 Å². The summed E-state index contributed by atoms with van der Waals surface area (Å²) in [7, 11) is 0. The van der Waals surface area contributed by atoms with Gasteiger partial charge >= 0.3 is 0 Å². The summed E-state index contributed by atoms with van der Waals surface area (Å²) in [5.41, 5.74) is 1.09. The highest BCUT2D eigenvalue weighted by atomic mass is 35.5. The molecular weight excluding hydrogens is 430 g/mol. The van der Waals surface area contributed by atoms with Crippen LogP contribution >= 0.6 is 46.5 Å². The molecule has 0 atom stereocenters. The van der Waals surface area contributed by atoms with E-state index in [1.54, 1.807) is 34.9 Å². The van der Waals surface area contributed by atoms with Crippen LogP contribution in [0.1, 0.15) is 0 Å². The molecule has 1 fully saturated rings. The highest BCUT2D eigenvalue weighted by molar-refractivity contribution is 8.00. The van der Waals surface area contributed by atoms with E-state index in [1.807, 2.05) is 29.2 Å². The lowest BCUT2D eigenvalue weighted by atomic mass is 10.3. The predicted octanol–water partition coefficient (Wildman–Crippen LogP) is 5.11. The van der Waals surface area contributed by atoms with E-state index in [-0.39, 0.29) is 5.91 Å². The van der Waals surface area contributed by atoms with Gasteiger partial charge < -0.3 is 9.80 Å². The number of halogens is 1. The molecule has 0 saturated carbocycles. The maximum atomic E-state index is 12.6. The second-order valence-electron chi connectivity index (χ2n) is 6.41. The Hall–Kier alpha value is -1.41. The number of carbonyl (C=O) groups excluding carboxylic acids is 1. The molecule has 4 nitrogen and oxygen atoms in total. The summed E-state index contributed by atoms with van der Waals surface area (Å²) in [6, 6.07) is 13.9. The zero-order valence-corrected chi connectivity index (χ0v) is 18.6. The molecule has 2 aromatic carbocycles. The Labute approximate surface area is 182 Å². The molecule has 1 aliphatic rings. The van der Waals surface area contributed by atoms with Gasteiger partial charge in [-0.1, -0.05) is 29.0 Å². The zero-order chi connectivity index (χ0) is 19.5. The van der Waals surface area contributed by atoms with Gasteiger partial charge in [0, 0.05) is 41.0 Å². The second kappa shape index (κ2) is 8.95. The van der Waals surface area contributed by atoms with Crippen LogP contribution in [0.5, 0.6) is 0 Å². The molecule has 0 radical (unpaired) electrons. The zero-order valence-electron chi connectivity index (χ0n) is 15.4. The Morgan fingerprint density at radius 2 is 1.89 bits per heavy atom. The summed E-state index contributed by atoms with van der Waals surface area (Å²) in [4.78, 5) is 24.0. The molecule has 3 aromatic rings. The van der Waals surface area contributed by atoms with Crippen molar-refractivity contribution in [3.63, 3.8) is 0 Å². The second-order valence-corrected chi connectivity index (χ2v) is 9.76. The Kier molecular flexibility index (Phi) is 6.35. The van der Waals surface area contributed by atoms with E-state index < -0.39 is 0 Å². The molecule has 1 saturated heterocycles.